The molecule has 1 aromatic carbocycles. The van der Waals surface area contributed by atoms with Crippen molar-refractivity contribution in [2.45, 2.75) is 6.04 Å². The summed E-state index contributed by atoms with van der Waals surface area (Å²) in [6.07, 6.45) is 0. The topological polar surface area (TPSA) is 105 Å². The molecule has 3 N–H and O–H groups in total. The average molecular weight is 338 g/mol. The quantitative estimate of drug-likeness (QED) is 0.707. The Morgan fingerprint density at radius 2 is 2.12 bits per heavy atom. The molecule has 0 spiro atoms. The summed E-state index contributed by atoms with van der Waals surface area (Å²) < 4.78 is 19.3. The fourth-order valence-electron chi connectivity index (χ4n) is 2.41. The van der Waals surface area contributed by atoms with Crippen LogP contribution >= 0.6 is 0 Å². The van der Waals surface area contributed by atoms with E-state index in [0.717, 1.165) is 6.07 Å². The Morgan fingerprint density at radius 3 is 2.67 bits per heavy atom. The van der Waals surface area contributed by atoms with Crippen LogP contribution in [0.4, 0.5) is 15.8 Å². The molecule has 2 rings (SSSR count). The number of carbonyl (C=O) groups is 3. The molecule has 9 heteroatoms. The SMILES string of the molecule is CN(C)[C@H](C(N)=O)C(=O)Nc1ccc(N2CCOCC2=O)c(F)c1. The van der Waals surface area contributed by atoms with E-state index >= 15 is 0 Å². The third-order valence-corrected chi connectivity index (χ3v) is 3.53. The van der Waals surface area contributed by atoms with Crippen molar-refractivity contribution in [1.29, 1.82) is 0 Å². The molecule has 0 saturated carbocycles. The van der Waals surface area contributed by atoms with Crippen molar-refractivity contribution in [3.63, 3.8) is 0 Å². The van der Waals surface area contributed by atoms with E-state index < -0.39 is 23.7 Å². The minimum Gasteiger partial charge on any atom is -0.370 e. The number of halogens is 1. The van der Waals surface area contributed by atoms with Crippen LogP contribution < -0.4 is 16.0 Å². The van der Waals surface area contributed by atoms with Crippen molar-refractivity contribution in [3.05, 3.63) is 24.0 Å². The van der Waals surface area contributed by atoms with Crippen molar-refractivity contribution >= 4 is 29.1 Å². The highest BCUT2D eigenvalue weighted by atomic mass is 19.1. The monoisotopic (exact) mass is 338 g/mol. The molecule has 0 radical (unpaired) electrons. The number of nitrogens with one attached hydrogen (secondary N) is 1. The molecule has 1 aliphatic heterocycles. The number of nitrogens with two attached hydrogens (primary N) is 1. The molecule has 1 saturated heterocycles. The number of likely N-dealkylation sites (N-methyl/N-ethyl adjacent to an activating group) is 1. The molecule has 24 heavy (non-hydrogen) atoms. The number of hydrogen-bond acceptors (Lipinski definition) is 5. The summed E-state index contributed by atoms with van der Waals surface area (Å²) in [5.74, 6) is -2.47. The fourth-order valence-corrected chi connectivity index (χ4v) is 2.41. The Morgan fingerprint density at radius 1 is 1.42 bits per heavy atom. The van der Waals surface area contributed by atoms with Gasteiger partial charge in [-0.1, -0.05) is 0 Å². The van der Waals surface area contributed by atoms with Crippen LogP contribution in [0.15, 0.2) is 18.2 Å². The molecule has 1 atom stereocenters. The summed E-state index contributed by atoms with van der Waals surface area (Å²) in [5, 5.41) is 2.44. The third kappa shape index (κ3) is 3.87. The van der Waals surface area contributed by atoms with E-state index in [1.165, 1.54) is 36.0 Å². The summed E-state index contributed by atoms with van der Waals surface area (Å²) in [7, 11) is 3.06. The second-order valence-corrected chi connectivity index (χ2v) is 5.52. The predicted octanol–water partition coefficient (Wildman–Crippen LogP) is -0.457. The summed E-state index contributed by atoms with van der Waals surface area (Å²) in [5.41, 5.74) is 5.46. The summed E-state index contributed by atoms with van der Waals surface area (Å²) in [6, 6.07) is 2.76. The third-order valence-electron chi connectivity index (χ3n) is 3.53. The number of amides is 3. The van der Waals surface area contributed by atoms with Crippen LogP contribution in [0.25, 0.3) is 0 Å². The Hall–Kier alpha value is -2.52. The number of anilines is 2. The van der Waals surface area contributed by atoms with Crippen LogP contribution in [0, 0.1) is 5.82 Å². The fraction of sp³-hybridized carbons (Fsp3) is 0.400. The number of nitrogens with zero attached hydrogens (tertiary/aromatic N) is 2. The smallest absolute Gasteiger partial charge is 0.253 e. The zero-order chi connectivity index (χ0) is 17.9. The zero-order valence-electron chi connectivity index (χ0n) is 13.4. The number of morpholine rings is 1. The molecule has 130 valence electrons. The van der Waals surface area contributed by atoms with Crippen molar-refractivity contribution < 1.29 is 23.5 Å². The van der Waals surface area contributed by atoms with E-state index in [0.29, 0.717) is 6.61 Å². The second kappa shape index (κ2) is 7.37. The Kier molecular flexibility index (Phi) is 5.47. The maximum Gasteiger partial charge on any atom is 0.253 e. The molecule has 0 aromatic heterocycles. The van der Waals surface area contributed by atoms with Crippen LogP contribution in [0.1, 0.15) is 0 Å². The molecule has 0 bridgehead atoms. The summed E-state index contributed by atoms with van der Waals surface area (Å²) in [6.45, 7) is 0.486. The number of carbonyl (C=O) groups excluding carboxylic acids is 3. The molecule has 8 nitrogen and oxygen atoms in total. The van der Waals surface area contributed by atoms with Gasteiger partial charge in [0, 0.05) is 12.2 Å². The summed E-state index contributed by atoms with van der Waals surface area (Å²) >= 11 is 0. The van der Waals surface area contributed by atoms with Crippen molar-refractivity contribution in [2.75, 3.05) is 44.1 Å². The van der Waals surface area contributed by atoms with E-state index in [9.17, 15) is 18.8 Å². The van der Waals surface area contributed by atoms with Crippen LogP contribution in [0.2, 0.25) is 0 Å². The summed E-state index contributed by atoms with van der Waals surface area (Å²) in [4.78, 5) is 37.8. The highest BCUT2D eigenvalue weighted by molar-refractivity contribution is 6.09. The predicted molar refractivity (Wildman–Crippen MR) is 84.9 cm³/mol. The molecule has 1 fully saturated rings. The average Bonchev–Trinajstić information content (AvgIpc) is 2.47. The van der Waals surface area contributed by atoms with Gasteiger partial charge >= 0.3 is 0 Å². The standard InChI is InChI=1S/C15H19FN4O4/c1-19(2)13(14(17)22)15(23)18-9-3-4-11(10(16)7-9)20-5-6-24-8-12(20)21/h3-4,7,13H,5-6,8H2,1-2H3,(H2,17,22)(H,18,23)/t13-/m1/s1. The number of rotatable bonds is 5. The van der Waals surface area contributed by atoms with Crippen molar-refractivity contribution in [1.82, 2.24) is 4.90 Å². The molecular formula is C15H19FN4O4. The van der Waals surface area contributed by atoms with Crippen LogP contribution in [0.5, 0.6) is 0 Å². The Balaban J connectivity index is 2.16. The molecule has 0 aliphatic carbocycles. The molecular weight excluding hydrogens is 319 g/mol. The number of benzene rings is 1. The van der Waals surface area contributed by atoms with Gasteiger partial charge in [0.1, 0.15) is 12.4 Å². The highest BCUT2D eigenvalue weighted by Crippen LogP contribution is 2.24. The molecule has 1 aromatic rings. The van der Waals surface area contributed by atoms with Gasteiger partial charge in [-0.2, -0.15) is 0 Å². The molecule has 0 unspecified atom stereocenters. The molecule has 3 amide bonds. The van der Waals surface area contributed by atoms with Crippen LogP contribution in [-0.4, -0.2) is 62.5 Å². The van der Waals surface area contributed by atoms with Gasteiger partial charge in [0.25, 0.3) is 11.8 Å². The molecule has 1 heterocycles. The van der Waals surface area contributed by atoms with E-state index in [2.05, 4.69) is 5.32 Å². The van der Waals surface area contributed by atoms with Crippen LogP contribution in [0.3, 0.4) is 0 Å². The van der Waals surface area contributed by atoms with Crippen LogP contribution in [-0.2, 0) is 19.1 Å². The first-order valence-corrected chi connectivity index (χ1v) is 7.25. The zero-order valence-corrected chi connectivity index (χ0v) is 13.4. The Labute approximate surface area is 138 Å². The van der Waals surface area contributed by atoms with Gasteiger partial charge in [0.15, 0.2) is 6.04 Å². The first kappa shape index (κ1) is 17.8. The van der Waals surface area contributed by atoms with Gasteiger partial charge in [-0.3, -0.25) is 19.3 Å². The first-order chi connectivity index (χ1) is 11.3. The van der Waals surface area contributed by atoms with E-state index in [1.54, 1.807) is 0 Å². The van der Waals surface area contributed by atoms with Crippen molar-refractivity contribution in [3.8, 4) is 0 Å². The lowest BCUT2D eigenvalue weighted by Crippen LogP contribution is -2.48. The maximum absolute atomic E-state index is 14.3. The van der Waals surface area contributed by atoms with Gasteiger partial charge in [-0.05, 0) is 32.3 Å². The Bertz CT molecular complexity index is 665. The number of hydrogen-bond donors (Lipinski definition) is 2. The number of ether oxygens (including phenoxy) is 1. The first-order valence-electron chi connectivity index (χ1n) is 7.25. The minimum atomic E-state index is -1.17. The maximum atomic E-state index is 14.3. The lowest BCUT2D eigenvalue weighted by atomic mass is 10.2. The van der Waals surface area contributed by atoms with E-state index in [4.69, 9.17) is 10.5 Å². The lowest BCUT2D eigenvalue weighted by Gasteiger charge is -2.27. The molecule has 1 aliphatic rings. The van der Waals surface area contributed by atoms with E-state index in [1.807, 2.05) is 0 Å². The lowest BCUT2D eigenvalue weighted by molar-refractivity contribution is -0.131. The number of primary amides is 1. The minimum absolute atomic E-state index is 0.0962. The van der Waals surface area contributed by atoms with E-state index in [-0.39, 0.29) is 30.4 Å². The highest BCUT2D eigenvalue weighted by Gasteiger charge is 2.27. The van der Waals surface area contributed by atoms with Crippen molar-refractivity contribution in [2.24, 2.45) is 5.73 Å². The normalized spacial score (nSPS) is 16.2. The largest absolute Gasteiger partial charge is 0.370 e. The second-order valence-electron chi connectivity index (χ2n) is 5.52. The van der Waals surface area contributed by atoms with Gasteiger partial charge in [0.05, 0.1) is 12.3 Å². The van der Waals surface area contributed by atoms with Gasteiger partial charge in [0.2, 0.25) is 5.91 Å². The van der Waals surface area contributed by atoms with Gasteiger partial charge in [-0.25, -0.2) is 4.39 Å². The van der Waals surface area contributed by atoms with Gasteiger partial charge < -0.3 is 20.7 Å². The van der Waals surface area contributed by atoms with Gasteiger partial charge in [-0.15, -0.1) is 0 Å².